The molecule has 0 spiro atoms. The molecule has 1 aromatic carbocycles. The summed E-state index contributed by atoms with van der Waals surface area (Å²) in [4.78, 5) is 10.7. The molecule has 0 saturated carbocycles. The van der Waals surface area contributed by atoms with Crippen molar-refractivity contribution >= 4 is 16.0 Å². The molecular weight excluding hydrogens is 273 g/mol. The van der Waals surface area contributed by atoms with Crippen LogP contribution in [0.1, 0.15) is 19.8 Å². The summed E-state index contributed by atoms with van der Waals surface area (Å²) in [6, 6.07) is 4.56. The Morgan fingerprint density at radius 2 is 2.16 bits per heavy atom. The van der Waals surface area contributed by atoms with E-state index in [-0.39, 0.29) is 11.4 Å². The molecule has 1 aromatic rings. The highest BCUT2D eigenvalue weighted by Gasteiger charge is 2.21. The van der Waals surface area contributed by atoms with Crippen molar-refractivity contribution in [2.45, 2.75) is 24.7 Å². The fraction of sp³-hybridized carbons (Fsp3) is 0.417. The largest absolute Gasteiger partial charge is 0.481 e. The molecule has 0 fully saturated rings. The third-order valence-electron chi connectivity index (χ3n) is 2.61. The normalized spacial score (nSPS) is 13.2. The molecule has 1 rings (SSSR count). The van der Waals surface area contributed by atoms with Crippen molar-refractivity contribution in [3.63, 3.8) is 0 Å². The Kier molecular flexibility index (Phi) is 5.44. The van der Waals surface area contributed by atoms with Crippen molar-refractivity contribution < 1.29 is 22.7 Å². The van der Waals surface area contributed by atoms with E-state index in [2.05, 4.69) is 4.72 Å². The van der Waals surface area contributed by atoms with Gasteiger partial charge in [0.1, 0.15) is 5.82 Å². The van der Waals surface area contributed by atoms with E-state index in [0.717, 1.165) is 12.1 Å². The average molecular weight is 289 g/mol. The van der Waals surface area contributed by atoms with Crippen LogP contribution in [0.25, 0.3) is 0 Å². The van der Waals surface area contributed by atoms with Crippen LogP contribution < -0.4 is 4.72 Å². The number of benzene rings is 1. The lowest BCUT2D eigenvalue weighted by Gasteiger charge is -2.12. The number of halogens is 1. The zero-order valence-electron chi connectivity index (χ0n) is 10.5. The number of sulfonamides is 1. The first-order chi connectivity index (χ1) is 8.86. The van der Waals surface area contributed by atoms with Gasteiger partial charge in [0.2, 0.25) is 10.0 Å². The van der Waals surface area contributed by atoms with Gasteiger partial charge >= 0.3 is 5.97 Å². The molecule has 19 heavy (non-hydrogen) atoms. The van der Waals surface area contributed by atoms with Crippen molar-refractivity contribution in [3.05, 3.63) is 30.1 Å². The third-order valence-corrected chi connectivity index (χ3v) is 4.03. The molecule has 0 saturated heterocycles. The second-order valence-corrected chi connectivity index (χ2v) is 5.90. The Bertz CT molecular complexity index is 544. The predicted molar refractivity (Wildman–Crippen MR) is 67.6 cm³/mol. The fourth-order valence-electron chi connectivity index (χ4n) is 1.59. The molecule has 0 bridgehead atoms. The van der Waals surface area contributed by atoms with Crippen LogP contribution >= 0.6 is 0 Å². The first kappa shape index (κ1) is 15.6. The highest BCUT2D eigenvalue weighted by atomic mass is 32.2. The summed E-state index contributed by atoms with van der Waals surface area (Å²) in [5.41, 5.74) is 0. The van der Waals surface area contributed by atoms with E-state index < -0.39 is 27.7 Å². The van der Waals surface area contributed by atoms with Crippen molar-refractivity contribution in [1.82, 2.24) is 4.72 Å². The first-order valence-corrected chi connectivity index (χ1v) is 7.33. The Hall–Kier alpha value is -1.47. The Labute approximate surface area is 111 Å². The van der Waals surface area contributed by atoms with Crippen LogP contribution in [0.2, 0.25) is 0 Å². The molecule has 0 aromatic heterocycles. The number of nitrogens with one attached hydrogen (secondary N) is 1. The Morgan fingerprint density at radius 3 is 2.68 bits per heavy atom. The van der Waals surface area contributed by atoms with Gasteiger partial charge in [-0.2, -0.15) is 0 Å². The Morgan fingerprint density at radius 1 is 1.47 bits per heavy atom. The molecule has 0 aliphatic heterocycles. The quantitative estimate of drug-likeness (QED) is 0.798. The number of carbonyl (C=O) groups is 1. The van der Waals surface area contributed by atoms with Gasteiger partial charge in [-0.05, 0) is 24.6 Å². The zero-order valence-corrected chi connectivity index (χ0v) is 11.3. The average Bonchev–Trinajstić information content (AvgIpc) is 2.34. The molecular formula is C12H16FNO4S. The van der Waals surface area contributed by atoms with Crippen LogP contribution in [0.15, 0.2) is 29.2 Å². The van der Waals surface area contributed by atoms with Gasteiger partial charge in [0.25, 0.3) is 0 Å². The number of carboxylic acids is 1. The molecule has 0 radical (unpaired) electrons. The van der Waals surface area contributed by atoms with Crippen LogP contribution in [-0.4, -0.2) is 26.0 Å². The molecule has 7 heteroatoms. The minimum absolute atomic E-state index is 0.206. The maximum absolute atomic E-state index is 13.0. The minimum Gasteiger partial charge on any atom is -0.481 e. The molecule has 1 unspecified atom stereocenters. The van der Waals surface area contributed by atoms with E-state index in [1.54, 1.807) is 0 Å². The summed E-state index contributed by atoms with van der Waals surface area (Å²) in [5.74, 6) is -2.50. The summed E-state index contributed by atoms with van der Waals surface area (Å²) >= 11 is 0. The number of carboxylic acid groups (broad SMARTS) is 1. The van der Waals surface area contributed by atoms with Gasteiger partial charge in [0.15, 0.2) is 0 Å². The summed E-state index contributed by atoms with van der Waals surface area (Å²) in [5, 5.41) is 8.92. The molecule has 2 N–H and O–H groups in total. The maximum Gasteiger partial charge on any atom is 0.307 e. The summed E-state index contributed by atoms with van der Waals surface area (Å²) < 4.78 is 38.8. The molecule has 106 valence electrons. The van der Waals surface area contributed by atoms with E-state index in [1.807, 2.05) is 6.92 Å². The fourth-order valence-corrected chi connectivity index (χ4v) is 2.70. The third kappa shape index (κ3) is 4.60. The number of rotatable bonds is 7. The van der Waals surface area contributed by atoms with E-state index in [0.29, 0.717) is 12.8 Å². The van der Waals surface area contributed by atoms with Gasteiger partial charge in [-0.15, -0.1) is 0 Å². The SMILES string of the molecule is CCCC(CNS(=O)(=O)c1cccc(F)c1)C(=O)O. The topological polar surface area (TPSA) is 83.5 Å². The highest BCUT2D eigenvalue weighted by molar-refractivity contribution is 7.89. The van der Waals surface area contributed by atoms with Gasteiger partial charge in [0, 0.05) is 6.54 Å². The van der Waals surface area contributed by atoms with E-state index >= 15 is 0 Å². The molecule has 0 aliphatic rings. The predicted octanol–water partition coefficient (Wildman–Crippen LogP) is 1.60. The smallest absolute Gasteiger partial charge is 0.307 e. The van der Waals surface area contributed by atoms with Crippen LogP contribution in [0.3, 0.4) is 0 Å². The van der Waals surface area contributed by atoms with Crippen molar-refractivity contribution in [2.24, 2.45) is 5.92 Å². The van der Waals surface area contributed by atoms with Crippen molar-refractivity contribution in [2.75, 3.05) is 6.54 Å². The highest BCUT2D eigenvalue weighted by Crippen LogP contribution is 2.12. The first-order valence-electron chi connectivity index (χ1n) is 5.85. The number of hydrogen-bond acceptors (Lipinski definition) is 3. The summed E-state index contributed by atoms with van der Waals surface area (Å²) in [7, 11) is -3.88. The number of hydrogen-bond donors (Lipinski definition) is 2. The molecule has 0 heterocycles. The zero-order chi connectivity index (χ0) is 14.5. The van der Waals surface area contributed by atoms with E-state index in [1.165, 1.54) is 12.1 Å². The lowest BCUT2D eigenvalue weighted by Crippen LogP contribution is -2.33. The molecule has 5 nitrogen and oxygen atoms in total. The van der Waals surface area contributed by atoms with E-state index in [4.69, 9.17) is 5.11 Å². The summed E-state index contributed by atoms with van der Waals surface area (Å²) in [6.45, 7) is 1.61. The van der Waals surface area contributed by atoms with Crippen LogP contribution in [0.4, 0.5) is 4.39 Å². The van der Waals surface area contributed by atoms with Crippen LogP contribution in [0.5, 0.6) is 0 Å². The van der Waals surface area contributed by atoms with Gasteiger partial charge in [0.05, 0.1) is 10.8 Å². The Balaban J connectivity index is 2.77. The second-order valence-electron chi connectivity index (χ2n) is 4.13. The standard InChI is InChI=1S/C12H16FNO4S/c1-2-4-9(12(15)16)8-14-19(17,18)11-6-3-5-10(13)7-11/h3,5-7,9,14H,2,4,8H2,1H3,(H,15,16). The lowest BCUT2D eigenvalue weighted by molar-refractivity contribution is -0.141. The van der Waals surface area contributed by atoms with E-state index in [9.17, 15) is 17.6 Å². The lowest BCUT2D eigenvalue weighted by atomic mass is 10.1. The van der Waals surface area contributed by atoms with Gasteiger partial charge < -0.3 is 5.11 Å². The minimum atomic E-state index is -3.88. The molecule has 0 amide bonds. The van der Waals surface area contributed by atoms with Crippen LogP contribution in [-0.2, 0) is 14.8 Å². The van der Waals surface area contributed by atoms with Crippen LogP contribution in [0, 0.1) is 11.7 Å². The van der Waals surface area contributed by atoms with Crippen molar-refractivity contribution in [1.29, 1.82) is 0 Å². The molecule has 1 atom stereocenters. The van der Waals surface area contributed by atoms with Gasteiger partial charge in [-0.1, -0.05) is 19.4 Å². The monoisotopic (exact) mass is 289 g/mol. The molecule has 0 aliphatic carbocycles. The summed E-state index contributed by atoms with van der Waals surface area (Å²) in [6.07, 6.45) is 1.01. The van der Waals surface area contributed by atoms with Gasteiger partial charge in [-0.3, -0.25) is 4.79 Å². The van der Waals surface area contributed by atoms with Crippen molar-refractivity contribution in [3.8, 4) is 0 Å². The van der Waals surface area contributed by atoms with Gasteiger partial charge in [-0.25, -0.2) is 17.5 Å². The maximum atomic E-state index is 13.0. The second kappa shape index (κ2) is 6.63. The number of aliphatic carboxylic acids is 1.